The van der Waals surface area contributed by atoms with E-state index in [-0.39, 0.29) is 5.91 Å². The molecule has 2 aliphatic rings. The number of hydrogen-bond donors (Lipinski definition) is 1. The Morgan fingerprint density at radius 3 is 2.52 bits per heavy atom. The van der Waals surface area contributed by atoms with Gasteiger partial charge in [0, 0.05) is 37.4 Å². The van der Waals surface area contributed by atoms with Crippen molar-refractivity contribution in [1.29, 1.82) is 0 Å². The second-order valence-corrected chi connectivity index (χ2v) is 8.09. The SMILES string of the molecule is O=C(Nc1ccccc1N1CCc2ccccc21)c1cccc(CN2CCOCC2)c1. The molecule has 0 bridgehead atoms. The van der Waals surface area contributed by atoms with Crippen LogP contribution < -0.4 is 10.2 Å². The number of nitrogens with one attached hydrogen (secondary N) is 1. The number of fused-ring (bicyclic) bond motifs is 1. The maximum atomic E-state index is 13.1. The number of carbonyl (C=O) groups is 1. The highest BCUT2D eigenvalue weighted by Crippen LogP contribution is 2.38. The number of carbonyl (C=O) groups excluding carboxylic acids is 1. The minimum absolute atomic E-state index is 0.0799. The molecule has 31 heavy (non-hydrogen) atoms. The van der Waals surface area contributed by atoms with E-state index in [0.29, 0.717) is 5.56 Å². The fraction of sp³-hybridized carbons (Fsp3) is 0.269. The van der Waals surface area contributed by atoms with Crippen LogP contribution in [0.2, 0.25) is 0 Å². The van der Waals surface area contributed by atoms with Crippen LogP contribution in [0.25, 0.3) is 0 Å². The van der Waals surface area contributed by atoms with Crippen molar-refractivity contribution in [3.63, 3.8) is 0 Å². The van der Waals surface area contributed by atoms with Gasteiger partial charge in [-0.25, -0.2) is 0 Å². The van der Waals surface area contributed by atoms with Crippen LogP contribution in [-0.2, 0) is 17.7 Å². The van der Waals surface area contributed by atoms with Gasteiger partial charge in [-0.15, -0.1) is 0 Å². The summed E-state index contributed by atoms with van der Waals surface area (Å²) in [6.07, 6.45) is 1.02. The van der Waals surface area contributed by atoms with Crippen molar-refractivity contribution in [3.05, 3.63) is 89.5 Å². The van der Waals surface area contributed by atoms with E-state index >= 15 is 0 Å². The predicted molar refractivity (Wildman–Crippen MR) is 124 cm³/mol. The summed E-state index contributed by atoms with van der Waals surface area (Å²) in [5.74, 6) is -0.0799. The Morgan fingerprint density at radius 1 is 0.871 bits per heavy atom. The summed E-state index contributed by atoms with van der Waals surface area (Å²) in [5.41, 5.74) is 6.27. The van der Waals surface area contributed by atoms with Gasteiger partial charge in [0.1, 0.15) is 0 Å². The number of nitrogens with zero attached hydrogens (tertiary/aromatic N) is 2. The number of benzene rings is 3. The molecule has 0 aliphatic carbocycles. The van der Waals surface area contributed by atoms with Crippen molar-refractivity contribution in [1.82, 2.24) is 4.90 Å². The molecule has 0 saturated carbocycles. The van der Waals surface area contributed by atoms with Crippen LogP contribution in [0.1, 0.15) is 21.5 Å². The fourth-order valence-electron chi connectivity index (χ4n) is 4.43. The molecule has 1 amide bonds. The zero-order valence-corrected chi connectivity index (χ0v) is 17.6. The van der Waals surface area contributed by atoms with Crippen LogP contribution in [0, 0.1) is 0 Å². The van der Waals surface area contributed by atoms with E-state index in [1.165, 1.54) is 11.3 Å². The summed E-state index contributed by atoms with van der Waals surface area (Å²) in [6, 6.07) is 24.5. The lowest BCUT2D eigenvalue weighted by Gasteiger charge is -2.26. The zero-order chi connectivity index (χ0) is 21.0. The van der Waals surface area contributed by atoms with Gasteiger partial charge in [-0.1, -0.05) is 42.5 Å². The molecule has 0 aromatic heterocycles. The Hall–Kier alpha value is -3.15. The van der Waals surface area contributed by atoms with Gasteiger partial charge < -0.3 is 15.0 Å². The standard InChI is InChI=1S/C26H27N3O2/c30-26(22-8-5-6-20(18-22)19-28-14-16-31-17-15-28)27-23-9-2-4-11-25(23)29-13-12-21-7-1-3-10-24(21)29/h1-11,18H,12-17,19H2,(H,27,30). The molecule has 0 unspecified atom stereocenters. The molecule has 5 rings (SSSR count). The summed E-state index contributed by atoms with van der Waals surface area (Å²) in [4.78, 5) is 17.8. The maximum Gasteiger partial charge on any atom is 0.255 e. The van der Waals surface area contributed by atoms with Crippen molar-refractivity contribution in [2.45, 2.75) is 13.0 Å². The first-order valence-electron chi connectivity index (χ1n) is 10.9. The Kier molecular flexibility index (Phi) is 5.69. The van der Waals surface area contributed by atoms with E-state index in [0.717, 1.165) is 62.8 Å². The van der Waals surface area contributed by atoms with Crippen molar-refractivity contribution >= 4 is 23.0 Å². The van der Waals surface area contributed by atoms with Gasteiger partial charge in [0.2, 0.25) is 0 Å². The first kappa shape index (κ1) is 19.8. The molecule has 1 N–H and O–H groups in total. The minimum atomic E-state index is -0.0799. The van der Waals surface area contributed by atoms with E-state index < -0.39 is 0 Å². The molecule has 3 aromatic carbocycles. The summed E-state index contributed by atoms with van der Waals surface area (Å²) in [7, 11) is 0. The van der Waals surface area contributed by atoms with Gasteiger partial charge in [0.25, 0.3) is 5.91 Å². The molecular weight excluding hydrogens is 386 g/mol. The summed E-state index contributed by atoms with van der Waals surface area (Å²) in [5, 5.41) is 3.15. The number of morpholine rings is 1. The Balaban J connectivity index is 1.34. The predicted octanol–water partition coefficient (Wildman–Crippen LogP) is 4.47. The lowest BCUT2D eigenvalue weighted by molar-refractivity contribution is 0.0342. The van der Waals surface area contributed by atoms with E-state index in [9.17, 15) is 4.79 Å². The molecule has 1 saturated heterocycles. The monoisotopic (exact) mass is 413 g/mol. The quantitative estimate of drug-likeness (QED) is 0.671. The van der Waals surface area contributed by atoms with Gasteiger partial charge in [-0.2, -0.15) is 0 Å². The molecule has 3 aromatic rings. The molecule has 5 heteroatoms. The highest BCUT2D eigenvalue weighted by Gasteiger charge is 2.22. The van der Waals surface area contributed by atoms with Crippen LogP contribution >= 0.6 is 0 Å². The highest BCUT2D eigenvalue weighted by molar-refractivity contribution is 6.06. The smallest absolute Gasteiger partial charge is 0.255 e. The van der Waals surface area contributed by atoms with Gasteiger partial charge in [0.05, 0.1) is 24.6 Å². The summed E-state index contributed by atoms with van der Waals surface area (Å²) in [6.45, 7) is 5.17. The molecule has 5 nitrogen and oxygen atoms in total. The lowest BCUT2D eigenvalue weighted by Crippen LogP contribution is -2.35. The Morgan fingerprint density at radius 2 is 1.65 bits per heavy atom. The maximum absolute atomic E-state index is 13.1. The fourth-order valence-corrected chi connectivity index (χ4v) is 4.43. The molecule has 0 atom stereocenters. The van der Waals surface area contributed by atoms with Crippen molar-refractivity contribution in [3.8, 4) is 0 Å². The average Bonchev–Trinajstić information content (AvgIpc) is 3.24. The number of ether oxygens (including phenoxy) is 1. The number of anilines is 3. The zero-order valence-electron chi connectivity index (χ0n) is 17.6. The molecule has 2 heterocycles. The van der Waals surface area contributed by atoms with E-state index in [4.69, 9.17) is 4.74 Å². The summed E-state index contributed by atoms with van der Waals surface area (Å²) >= 11 is 0. The van der Waals surface area contributed by atoms with Crippen LogP contribution in [0.5, 0.6) is 0 Å². The van der Waals surface area contributed by atoms with Crippen LogP contribution in [0.3, 0.4) is 0 Å². The highest BCUT2D eigenvalue weighted by atomic mass is 16.5. The Bertz CT molecular complexity index is 1080. The molecule has 0 radical (unpaired) electrons. The molecule has 0 spiro atoms. The normalized spacial score (nSPS) is 16.2. The van der Waals surface area contributed by atoms with Gasteiger partial charge in [-0.05, 0) is 47.9 Å². The number of hydrogen-bond acceptors (Lipinski definition) is 4. The molecule has 1 fully saturated rings. The molecular formula is C26H27N3O2. The number of amides is 1. The van der Waals surface area contributed by atoms with E-state index in [2.05, 4.69) is 51.5 Å². The third-order valence-electron chi connectivity index (χ3n) is 6.03. The second-order valence-electron chi connectivity index (χ2n) is 8.09. The largest absolute Gasteiger partial charge is 0.379 e. The van der Waals surface area contributed by atoms with E-state index in [1.54, 1.807) is 0 Å². The van der Waals surface area contributed by atoms with Crippen molar-refractivity contribution in [2.24, 2.45) is 0 Å². The van der Waals surface area contributed by atoms with Gasteiger partial charge in [0.15, 0.2) is 0 Å². The average molecular weight is 414 g/mol. The molecule has 2 aliphatic heterocycles. The van der Waals surface area contributed by atoms with Gasteiger partial charge in [-0.3, -0.25) is 9.69 Å². The molecule has 158 valence electrons. The van der Waals surface area contributed by atoms with Crippen LogP contribution in [-0.4, -0.2) is 43.7 Å². The number of para-hydroxylation sites is 3. The van der Waals surface area contributed by atoms with Gasteiger partial charge >= 0.3 is 0 Å². The van der Waals surface area contributed by atoms with Crippen LogP contribution in [0.15, 0.2) is 72.8 Å². The van der Waals surface area contributed by atoms with E-state index in [1.807, 2.05) is 36.4 Å². The van der Waals surface area contributed by atoms with Crippen molar-refractivity contribution in [2.75, 3.05) is 43.1 Å². The first-order chi connectivity index (χ1) is 15.3. The summed E-state index contributed by atoms with van der Waals surface area (Å²) < 4.78 is 5.43. The lowest BCUT2D eigenvalue weighted by atomic mass is 10.1. The third kappa shape index (κ3) is 4.33. The second kappa shape index (κ2) is 8.92. The Labute approximate surface area is 183 Å². The first-order valence-corrected chi connectivity index (χ1v) is 10.9. The van der Waals surface area contributed by atoms with Crippen LogP contribution in [0.4, 0.5) is 17.1 Å². The minimum Gasteiger partial charge on any atom is -0.379 e. The van der Waals surface area contributed by atoms with Crippen molar-refractivity contribution < 1.29 is 9.53 Å². The topological polar surface area (TPSA) is 44.8 Å². The third-order valence-corrected chi connectivity index (χ3v) is 6.03. The number of rotatable bonds is 5.